The highest BCUT2D eigenvalue weighted by molar-refractivity contribution is 5.48. The van der Waals surface area contributed by atoms with E-state index in [-0.39, 0.29) is 0 Å². The van der Waals surface area contributed by atoms with E-state index in [9.17, 15) is 0 Å². The SMILES string of the molecule is CCN(CC)c1ccc(NCc2ccc(C)nc2)cn1. The number of nitrogens with zero attached hydrogens (tertiary/aromatic N) is 3. The van der Waals surface area contributed by atoms with Crippen molar-refractivity contribution in [3.63, 3.8) is 0 Å². The fourth-order valence-electron chi connectivity index (χ4n) is 2.03. The van der Waals surface area contributed by atoms with E-state index in [2.05, 4.69) is 52.2 Å². The van der Waals surface area contributed by atoms with Crippen molar-refractivity contribution in [2.24, 2.45) is 0 Å². The van der Waals surface area contributed by atoms with Crippen molar-refractivity contribution >= 4 is 11.5 Å². The molecule has 0 radical (unpaired) electrons. The Morgan fingerprint density at radius 3 is 2.35 bits per heavy atom. The minimum Gasteiger partial charge on any atom is -0.380 e. The van der Waals surface area contributed by atoms with Gasteiger partial charge < -0.3 is 10.2 Å². The molecule has 0 aliphatic carbocycles. The van der Waals surface area contributed by atoms with Crippen LogP contribution < -0.4 is 10.2 Å². The summed E-state index contributed by atoms with van der Waals surface area (Å²) in [5.41, 5.74) is 3.24. The summed E-state index contributed by atoms with van der Waals surface area (Å²) in [7, 11) is 0. The van der Waals surface area contributed by atoms with E-state index < -0.39 is 0 Å². The van der Waals surface area contributed by atoms with Gasteiger partial charge in [0.1, 0.15) is 5.82 Å². The van der Waals surface area contributed by atoms with Crippen LogP contribution in [0.5, 0.6) is 0 Å². The third-order valence-corrected chi connectivity index (χ3v) is 3.30. The van der Waals surface area contributed by atoms with E-state index in [1.54, 1.807) is 0 Å². The van der Waals surface area contributed by atoms with Gasteiger partial charge in [-0.05, 0) is 44.5 Å². The summed E-state index contributed by atoms with van der Waals surface area (Å²) in [6, 6.07) is 8.25. The van der Waals surface area contributed by atoms with Gasteiger partial charge in [-0.25, -0.2) is 4.98 Å². The lowest BCUT2D eigenvalue weighted by Crippen LogP contribution is -2.22. The van der Waals surface area contributed by atoms with Crippen LogP contribution in [-0.2, 0) is 6.54 Å². The largest absolute Gasteiger partial charge is 0.380 e. The molecule has 0 atom stereocenters. The third-order valence-electron chi connectivity index (χ3n) is 3.30. The lowest BCUT2D eigenvalue weighted by molar-refractivity contribution is 0.846. The van der Waals surface area contributed by atoms with E-state index >= 15 is 0 Å². The monoisotopic (exact) mass is 270 g/mol. The highest BCUT2D eigenvalue weighted by atomic mass is 15.2. The van der Waals surface area contributed by atoms with Crippen LogP contribution in [0.4, 0.5) is 11.5 Å². The van der Waals surface area contributed by atoms with Gasteiger partial charge in [0, 0.05) is 31.5 Å². The number of anilines is 2. The van der Waals surface area contributed by atoms with E-state index in [4.69, 9.17) is 0 Å². The first kappa shape index (κ1) is 14.3. The Morgan fingerprint density at radius 1 is 1.00 bits per heavy atom. The molecular weight excluding hydrogens is 248 g/mol. The quantitative estimate of drug-likeness (QED) is 0.875. The molecule has 0 fully saturated rings. The molecule has 1 N–H and O–H groups in total. The smallest absolute Gasteiger partial charge is 0.128 e. The molecule has 0 amide bonds. The van der Waals surface area contributed by atoms with Crippen LogP contribution in [0.2, 0.25) is 0 Å². The first-order valence-corrected chi connectivity index (χ1v) is 7.09. The first-order valence-electron chi connectivity index (χ1n) is 7.09. The second-order valence-electron chi connectivity index (χ2n) is 4.74. The fraction of sp³-hybridized carbons (Fsp3) is 0.375. The van der Waals surface area contributed by atoms with E-state index in [0.717, 1.165) is 36.8 Å². The number of pyridine rings is 2. The van der Waals surface area contributed by atoms with E-state index in [0.29, 0.717) is 0 Å². The Kier molecular flexibility index (Phi) is 4.93. The summed E-state index contributed by atoms with van der Waals surface area (Å²) < 4.78 is 0. The van der Waals surface area contributed by atoms with Crippen molar-refractivity contribution in [3.05, 3.63) is 47.9 Å². The van der Waals surface area contributed by atoms with Gasteiger partial charge in [-0.1, -0.05) is 6.07 Å². The lowest BCUT2D eigenvalue weighted by atomic mass is 10.2. The predicted octanol–water partition coefficient (Wildman–Crippen LogP) is 3.24. The molecule has 106 valence electrons. The minimum absolute atomic E-state index is 0.763. The molecular formula is C16H22N4. The summed E-state index contributed by atoms with van der Waals surface area (Å²) in [5.74, 6) is 1.03. The summed E-state index contributed by atoms with van der Waals surface area (Å²) >= 11 is 0. The lowest BCUT2D eigenvalue weighted by Gasteiger charge is -2.19. The van der Waals surface area contributed by atoms with Crippen molar-refractivity contribution in [3.8, 4) is 0 Å². The normalized spacial score (nSPS) is 10.3. The van der Waals surface area contributed by atoms with Gasteiger partial charge in [0.2, 0.25) is 0 Å². The summed E-state index contributed by atoms with van der Waals surface area (Å²) in [6.45, 7) is 8.99. The second-order valence-corrected chi connectivity index (χ2v) is 4.74. The Labute approximate surface area is 120 Å². The van der Waals surface area contributed by atoms with Crippen LogP contribution in [0.25, 0.3) is 0 Å². The summed E-state index contributed by atoms with van der Waals surface area (Å²) in [6.07, 6.45) is 3.79. The van der Waals surface area contributed by atoms with Gasteiger partial charge in [-0.15, -0.1) is 0 Å². The molecule has 0 bridgehead atoms. The number of nitrogens with one attached hydrogen (secondary N) is 1. The average molecular weight is 270 g/mol. The van der Waals surface area contributed by atoms with Gasteiger partial charge in [-0.3, -0.25) is 4.98 Å². The van der Waals surface area contributed by atoms with Gasteiger partial charge in [-0.2, -0.15) is 0 Å². The standard InChI is InChI=1S/C16H22N4/c1-4-20(5-2)16-9-8-15(12-19-16)18-11-14-7-6-13(3)17-10-14/h6-10,12,18H,4-5,11H2,1-3H3. The van der Waals surface area contributed by atoms with Crippen LogP contribution in [0.3, 0.4) is 0 Å². The van der Waals surface area contributed by atoms with Gasteiger partial charge >= 0.3 is 0 Å². The number of aryl methyl sites for hydroxylation is 1. The van der Waals surface area contributed by atoms with Gasteiger partial charge in [0.05, 0.1) is 11.9 Å². The number of hydrogen-bond donors (Lipinski definition) is 1. The van der Waals surface area contributed by atoms with Crippen LogP contribution in [0, 0.1) is 6.92 Å². The highest BCUT2D eigenvalue weighted by Gasteiger charge is 2.02. The number of hydrogen-bond acceptors (Lipinski definition) is 4. The Bertz CT molecular complexity index is 515. The van der Waals surface area contributed by atoms with Crippen LogP contribution in [-0.4, -0.2) is 23.1 Å². The Morgan fingerprint density at radius 2 is 1.80 bits per heavy atom. The maximum Gasteiger partial charge on any atom is 0.128 e. The molecule has 2 heterocycles. The summed E-state index contributed by atoms with van der Waals surface area (Å²) in [5, 5.41) is 3.36. The molecule has 0 unspecified atom stereocenters. The molecule has 4 heteroatoms. The van der Waals surface area contributed by atoms with Crippen molar-refractivity contribution in [1.82, 2.24) is 9.97 Å². The third kappa shape index (κ3) is 3.70. The average Bonchev–Trinajstić information content (AvgIpc) is 2.49. The topological polar surface area (TPSA) is 41.0 Å². The molecule has 0 saturated carbocycles. The molecule has 0 aliphatic rings. The molecule has 2 rings (SSSR count). The number of rotatable bonds is 6. The summed E-state index contributed by atoms with van der Waals surface area (Å²) in [4.78, 5) is 11.0. The maximum atomic E-state index is 4.49. The first-order chi connectivity index (χ1) is 9.72. The van der Waals surface area contributed by atoms with Gasteiger partial charge in [0.25, 0.3) is 0 Å². The van der Waals surface area contributed by atoms with Gasteiger partial charge in [0.15, 0.2) is 0 Å². The van der Waals surface area contributed by atoms with E-state index in [1.807, 2.05) is 25.4 Å². The van der Waals surface area contributed by atoms with Crippen molar-refractivity contribution < 1.29 is 0 Å². The Hall–Kier alpha value is -2.10. The van der Waals surface area contributed by atoms with E-state index in [1.165, 1.54) is 5.56 Å². The van der Waals surface area contributed by atoms with Crippen LogP contribution in [0.15, 0.2) is 36.7 Å². The Balaban J connectivity index is 1.95. The maximum absolute atomic E-state index is 4.49. The second kappa shape index (κ2) is 6.89. The molecule has 0 aromatic carbocycles. The van der Waals surface area contributed by atoms with Crippen molar-refractivity contribution in [2.75, 3.05) is 23.3 Å². The number of aromatic nitrogens is 2. The fourth-order valence-corrected chi connectivity index (χ4v) is 2.03. The molecule has 0 spiro atoms. The van der Waals surface area contributed by atoms with Crippen molar-refractivity contribution in [1.29, 1.82) is 0 Å². The molecule has 2 aromatic heterocycles. The minimum atomic E-state index is 0.763. The molecule has 2 aromatic rings. The zero-order valence-electron chi connectivity index (χ0n) is 12.4. The predicted molar refractivity (Wildman–Crippen MR) is 84.1 cm³/mol. The zero-order chi connectivity index (χ0) is 14.4. The molecule has 20 heavy (non-hydrogen) atoms. The van der Waals surface area contributed by atoms with Crippen molar-refractivity contribution in [2.45, 2.75) is 27.3 Å². The molecule has 0 saturated heterocycles. The zero-order valence-corrected chi connectivity index (χ0v) is 12.4. The molecule has 4 nitrogen and oxygen atoms in total. The van der Waals surface area contributed by atoms with Crippen LogP contribution in [0.1, 0.15) is 25.1 Å². The van der Waals surface area contributed by atoms with Crippen LogP contribution >= 0.6 is 0 Å². The highest BCUT2D eigenvalue weighted by Crippen LogP contribution is 2.14. The molecule has 0 aliphatic heterocycles.